The number of amides is 2. The summed E-state index contributed by atoms with van der Waals surface area (Å²) in [6, 6.07) is 7.44. The molecule has 0 aliphatic rings. The van der Waals surface area contributed by atoms with Crippen LogP contribution in [0.4, 0.5) is 10.8 Å². The summed E-state index contributed by atoms with van der Waals surface area (Å²) in [5.74, 6) is 0.275. The van der Waals surface area contributed by atoms with Crippen molar-refractivity contribution in [1.82, 2.24) is 15.2 Å². The van der Waals surface area contributed by atoms with E-state index in [-0.39, 0.29) is 24.4 Å². The minimum Gasteiger partial charge on any atom is -0.497 e. The van der Waals surface area contributed by atoms with Gasteiger partial charge in [-0.15, -0.1) is 11.3 Å². The number of likely N-dealkylation sites (N-methyl/N-ethyl adjacent to an activating group) is 1. The van der Waals surface area contributed by atoms with Crippen LogP contribution in [-0.4, -0.2) is 48.4 Å². The van der Waals surface area contributed by atoms with Crippen molar-refractivity contribution in [2.24, 2.45) is 0 Å². The van der Waals surface area contributed by atoms with Gasteiger partial charge in [0, 0.05) is 24.2 Å². The fourth-order valence-electron chi connectivity index (χ4n) is 2.08. The monoisotopic (exact) mass is 362 g/mol. The molecule has 2 amide bonds. The maximum Gasteiger partial charge on any atom is 0.273 e. The Morgan fingerprint density at radius 2 is 1.96 bits per heavy atom. The van der Waals surface area contributed by atoms with Gasteiger partial charge in [0.15, 0.2) is 5.13 Å². The number of benzene rings is 1. The molecule has 0 bridgehead atoms. The largest absolute Gasteiger partial charge is 0.497 e. The summed E-state index contributed by atoms with van der Waals surface area (Å²) < 4.78 is 5.11. The van der Waals surface area contributed by atoms with Crippen LogP contribution in [0.5, 0.6) is 5.75 Å². The lowest BCUT2D eigenvalue weighted by atomic mass is 10.3. The molecule has 2 aromatic rings. The number of methoxy groups -OCH3 is 1. The molecule has 2 N–H and O–H groups in total. The van der Waals surface area contributed by atoms with Gasteiger partial charge in [0.2, 0.25) is 5.91 Å². The number of nitrogens with zero attached hydrogens (tertiary/aromatic N) is 2. The summed E-state index contributed by atoms with van der Waals surface area (Å²) in [5.41, 5.74) is 1.15. The summed E-state index contributed by atoms with van der Waals surface area (Å²) >= 11 is 1.33. The van der Waals surface area contributed by atoms with Gasteiger partial charge in [-0.05, 0) is 38.1 Å². The second-order valence-corrected chi connectivity index (χ2v) is 6.63. The summed E-state index contributed by atoms with van der Waals surface area (Å²) in [7, 11) is 3.19. The van der Waals surface area contributed by atoms with Gasteiger partial charge in [-0.25, -0.2) is 4.98 Å². The molecule has 25 heavy (non-hydrogen) atoms. The molecule has 8 heteroatoms. The fourth-order valence-corrected chi connectivity index (χ4v) is 2.78. The SMILES string of the molecule is COc1ccc(Nc2nc(C(=O)N(C)CC(=O)NC(C)C)cs2)cc1. The Balaban J connectivity index is 1.96. The maximum atomic E-state index is 12.4. The third kappa shape index (κ3) is 5.46. The number of ether oxygens (including phenoxy) is 1. The molecule has 0 spiro atoms. The van der Waals surface area contributed by atoms with Gasteiger partial charge < -0.3 is 20.3 Å². The van der Waals surface area contributed by atoms with Crippen LogP contribution in [0.15, 0.2) is 29.6 Å². The Morgan fingerprint density at radius 1 is 1.28 bits per heavy atom. The molecule has 1 heterocycles. The highest BCUT2D eigenvalue weighted by atomic mass is 32.1. The molecular weight excluding hydrogens is 340 g/mol. The van der Waals surface area contributed by atoms with Crippen LogP contribution >= 0.6 is 11.3 Å². The zero-order valence-electron chi connectivity index (χ0n) is 14.7. The van der Waals surface area contributed by atoms with Crippen LogP contribution in [0.3, 0.4) is 0 Å². The summed E-state index contributed by atoms with van der Waals surface area (Å²) in [6.45, 7) is 3.74. The van der Waals surface area contributed by atoms with Gasteiger partial charge in [0.05, 0.1) is 13.7 Å². The predicted molar refractivity (Wildman–Crippen MR) is 98.6 cm³/mol. The van der Waals surface area contributed by atoms with E-state index in [1.165, 1.54) is 16.2 Å². The van der Waals surface area contributed by atoms with Crippen LogP contribution in [0.25, 0.3) is 0 Å². The number of hydrogen-bond donors (Lipinski definition) is 2. The molecule has 134 valence electrons. The van der Waals surface area contributed by atoms with Crippen LogP contribution in [-0.2, 0) is 4.79 Å². The lowest BCUT2D eigenvalue weighted by Gasteiger charge is -2.16. The zero-order chi connectivity index (χ0) is 18.4. The van der Waals surface area contributed by atoms with Crippen molar-refractivity contribution in [3.05, 3.63) is 35.3 Å². The van der Waals surface area contributed by atoms with Crippen molar-refractivity contribution in [3.63, 3.8) is 0 Å². The third-order valence-corrected chi connectivity index (χ3v) is 4.00. The summed E-state index contributed by atoms with van der Waals surface area (Å²) in [4.78, 5) is 29.8. The average Bonchev–Trinajstić information content (AvgIpc) is 3.02. The molecule has 0 radical (unpaired) electrons. The van der Waals surface area contributed by atoms with E-state index in [0.29, 0.717) is 10.8 Å². The number of anilines is 2. The molecular formula is C17H22N4O3S. The first-order valence-corrected chi connectivity index (χ1v) is 8.68. The normalized spacial score (nSPS) is 10.4. The average molecular weight is 362 g/mol. The van der Waals surface area contributed by atoms with E-state index in [1.54, 1.807) is 19.5 Å². The highest BCUT2D eigenvalue weighted by Gasteiger charge is 2.18. The van der Waals surface area contributed by atoms with Crippen LogP contribution < -0.4 is 15.4 Å². The minimum atomic E-state index is -0.294. The Hall–Kier alpha value is -2.61. The molecule has 1 aromatic heterocycles. The number of hydrogen-bond acceptors (Lipinski definition) is 6. The third-order valence-electron chi connectivity index (χ3n) is 3.24. The molecule has 2 rings (SSSR count). The molecule has 0 saturated heterocycles. The number of aromatic nitrogens is 1. The molecule has 0 saturated carbocycles. The zero-order valence-corrected chi connectivity index (χ0v) is 15.5. The van der Waals surface area contributed by atoms with Gasteiger partial charge in [-0.1, -0.05) is 0 Å². The number of rotatable bonds is 7. The molecule has 0 aliphatic heterocycles. The van der Waals surface area contributed by atoms with Gasteiger partial charge in [0.1, 0.15) is 11.4 Å². The molecule has 0 aliphatic carbocycles. The maximum absolute atomic E-state index is 12.4. The highest BCUT2D eigenvalue weighted by Crippen LogP contribution is 2.23. The lowest BCUT2D eigenvalue weighted by molar-refractivity contribution is -0.122. The van der Waals surface area contributed by atoms with E-state index in [0.717, 1.165) is 11.4 Å². The summed E-state index contributed by atoms with van der Waals surface area (Å²) in [5, 5.41) is 8.17. The second-order valence-electron chi connectivity index (χ2n) is 5.77. The van der Waals surface area contributed by atoms with Crippen LogP contribution in [0.1, 0.15) is 24.3 Å². The molecule has 0 fully saturated rings. The van der Waals surface area contributed by atoms with E-state index >= 15 is 0 Å². The first-order chi connectivity index (χ1) is 11.9. The standard InChI is InChI=1S/C17H22N4O3S/c1-11(2)18-15(22)9-21(3)16(23)14-10-25-17(20-14)19-12-5-7-13(24-4)8-6-12/h5-8,10-11H,9H2,1-4H3,(H,18,22)(H,19,20). The smallest absolute Gasteiger partial charge is 0.273 e. The van der Waals surface area contributed by atoms with Crippen LogP contribution in [0.2, 0.25) is 0 Å². The van der Waals surface area contributed by atoms with Crippen LogP contribution in [0, 0.1) is 0 Å². The van der Waals surface area contributed by atoms with Crippen molar-refractivity contribution >= 4 is 34.0 Å². The number of carbonyl (C=O) groups excluding carboxylic acids is 2. The topological polar surface area (TPSA) is 83.6 Å². The van der Waals surface area contributed by atoms with Crippen molar-refractivity contribution in [2.45, 2.75) is 19.9 Å². The lowest BCUT2D eigenvalue weighted by Crippen LogP contribution is -2.40. The summed E-state index contributed by atoms with van der Waals surface area (Å²) in [6.07, 6.45) is 0. The molecule has 7 nitrogen and oxygen atoms in total. The van der Waals surface area contributed by atoms with Crippen molar-refractivity contribution < 1.29 is 14.3 Å². The number of nitrogens with one attached hydrogen (secondary N) is 2. The first-order valence-electron chi connectivity index (χ1n) is 7.80. The quantitative estimate of drug-likeness (QED) is 0.791. The first kappa shape index (κ1) is 18.7. The van der Waals surface area contributed by atoms with Gasteiger partial charge in [0.25, 0.3) is 5.91 Å². The Kier molecular flexibility index (Phi) is 6.35. The highest BCUT2D eigenvalue weighted by molar-refractivity contribution is 7.14. The van der Waals surface area contributed by atoms with Crippen molar-refractivity contribution in [1.29, 1.82) is 0 Å². The number of thiazole rings is 1. The Labute approximate surface area is 151 Å². The van der Waals surface area contributed by atoms with E-state index in [4.69, 9.17) is 4.74 Å². The Morgan fingerprint density at radius 3 is 2.56 bits per heavy atom. The second kappa shape index (κ2) is 8.48. The van der Waals surface area contributed by atoms with Crippen molar-refractivity contribution in [2.75, 3.05) is 26.0 Å². The van der Waals surface area contributed by atoms with E-state index < -0.39 is 0 Å². The van der Waals surface area contributed by atoms with E-state index in [1.807, 2.05) is 38.1 Å². The van der Waals surface area contributed by atoms with Crippen molar-refractivity contribution in [3.8, 4) is 5.75 Å². The number of carbonyl (C=O) groups is 2. The van der Waals surface area contributed by atoms with E-state index in [9.17, 15) is 9.59 Å². The predicted octanol–water partition coefficient (Wildman–Crippen LogP) is 2.49. The molecule has 1 aromatic carbocycles. The molecule has 0 atom stereocenters. The fraction of sp³-hybridized carbons (Fsp3) is 0.353. The van der Waals surface area contributed by atoms with Gasteiger partial charge in [-0.2, -0.15) is 0 Å². The van der Waals surface area contributed by atoms with E-state index in [2.05, 4.69) is 15.6 Å². The minimum absolute atomic E-state index is 0.00418. The van der Waals surface area contributed by atoms with Gasteiger partial charge >= 0.3 is 0 Å². The Bertz CT molecular complexity index is 728. The molecule has 0 unspecified atom stereocenters. The van der Waals surface area contributed by atoms with Gasteiger partial charge in [-0.3, -0.25) is 9.59 Å².